The first-order chi connectivity index (χ1) is 18.4. The quantitative estimate of drug-likeness (QED) is 0.262. The van der Waals surface area contributed by atoms with Crippen LogP contribution in [0, 0.1) is 25.2 Å². The zero-order valence-corrected chi connectivity index (χ0v) is 21.1. The molecule has 0 aliphatic carbocycles. The van der Waals surface area contributed by atoms with Crippen molar-refractivity contribution >= 4 is 18.0 Å². The minimum Gasteiger partial charge on any atom is -0.489 e. The average molecular weight is 503 g/mol. The lowest BCUT2D eigenvalue weighted by atomic mass is 10.1. The van der Waals surface area contributed by atoms with Crippen molar-refractivity contribution in [2.75, 3.05) is 0 Å². The van der Waals surface area contributed by atoms with Crippen molar-refractivity contribution in [2.24, 2.45) is 0 Å². The summed E-state index contributed by atoms with van der Waals surface area (Å²) in [4.78, 5) is 26.7. The van der Waals surface area contributed by atoms with E-state index in [-0.39, 0.29) is 18.1 Å². The molecule has 7 nitrogen and oxygen atoms in total. The van der Waals surface area contributed by atoms with Crippen molar-refractivity contribution < 1.29 is 14.3 Å². The average Bonchev–Trinajstić information content (AvgIpc) is 3.37. The number of carbonyl (C=O) groups excluding carboxylic acids is 2. The van der Waals surface area contributed by atoms with E-state index in [0.717, 1.165) is 33.8 Å². The van der Waals surface area contributed by atoms with Crippen LogP contribution in [0.1, 0.15) is 33.6 Å². The second kappa shape index (κ2) is 10.5. The third-order valence-electron chi connectivity index (χ3n) is 6.54. The zero-order chi connectivity index (χ0) is 26.6. The molecule has 7 heteroatoms. The maximum atomic E-state index is 13.0. The molecule has 38 heavy (non-hydrogen) atoms. The fraction of sp³-hybridized carbons (Fsp3) is 0.129. The summed E-state index contributed by atoms with van der Waals surface area (Å²) >= 11 is 0. The molecule has 0 atom stereocenters. The molecule has 2 heterocycles. The highest BCUT2D eigenvalue weighted by molar-refractivity contribution is 6.14. The van der Waals surface area contributed by atoms with E-state index in [2.05, 4.69) is 16.0 Å². The lowest BCUT2D eigenvalue weighted by Gasteiger charge is -2.12. The number of nitrogens with zero attached hydrogens (tertiary/aromatic N) is 3. The number of amides is 3. The summed E-state index contributed by atoms with van der Waals surface area (Å²) in [6.07, 6.45) is 1.73. The van der Waals surface area contributed by atoms with Gasteiger partial charge in [0.2, 0.25) is 0 Å². The van der Waals surface area contributed by atoms with E-state index in [1.165, 1.54) is 4.90 Å². The number of carbonyl (C=O) groups is 2. The van der Waals surface area contributed by atoms with Gasteiger partial charge in [0.15, 0.2) is 0 Å². The number of imide groups is 1. The molecule has 1 fully saturated rings. The van der Waals surface area contributed by atoms with Gasteiger partial charge in [-0.3, -0.25) is 9.69 Å². The van der Waals surface area contributed by atoms with Crippen molar-refractivity contribution in [1.82, 2.24) is 14.8 Å². The molecule has 188 valence electrons. The number of urea groups is 1. The van der Waals surface area contributed by atoms with E-state index in [1.807, 2.05) is 92.7 Å². The maximum absolute atomic E-state index is 13.0. The second-order valence-corrected chi connectivity index (χ2v) is 9.08. The Bertz CT molecular complexity index is 1580. The van der Waals surface area contributed by atoms with Gasteiger partial charge in [-0.15, -0.1) is 0 Å². The van der Waals surface area contributed by atoms with Crippen LogP contribution in [0.4, 0.5) is 4.79 Å². The van der Waals surface area contributed by atoms with Gasteiger partial charge in [-0.25, -0.2) is 4.79 Å². The molecule has 0 bridgehead atoms. The van der Waals surface area contributed by atoms with E-state index >= 15 is 0 Å². The first-order valence-electron chi connectivity index (χ1n) is 12.2. The van der Waals surface area contributed by atoms with Gasteiger partial charge in [-0.2, -0.15) is 5.26 Å². The molecule has 1 N–H and O–H groups in total. The van der Waals surface area contributed by atoms with Crippen molar-refractivity contribution in [3.05, 3.63) is 124 Å². The molecule has 0 saturated carbocycles. The fourth-order valence-electron chi connectivity index (χ4n) is 4.58. The number of aromatic nitrogens is 1. The van der Waals surface area contributed by atoms with Gasteiger partial charge < -0.3 is 14.6 Å². The van der Waals surface area contributed by atoms with Gasteiger partial charge in [0.1, 0.15) is 18.1 Å². The summed E-state index contributed by atoms with van der Waals surface area (Å²) in [6.45, 7) is 4.50. The van der Waals surface area contributed by atoms with Crippen LogP contribution in [0.15, 0.2) is 90.6 Å². The first kappa shape index (κ1) is 24.6. The molecule has 1 aliphatic heterocycles. The number of nitriles is 1. The molecule has 1 saturated heterocycles. The van der Waals surface area contributed by atoms with Gasteiger partial charge in [-0.1, -0.05) is 48.5 Å². The summed E-state index contributed by atoms with van der Waals surface area (Å²) in [5.74, 6) is 0.354. The van der Waals surface area contributed by atoms with Gasteiger partial charge in [-0.05, 0) is 67.4 Å². The molecule has 3 aromatic carbocycles. The van der Waals surface area contributed by atoms with E-state index in [9.17, 15) is 14.9 Å². The Morgan fingerprint density at radius 3 is 2.39 bits per heavy atom. The number of hydrogen-bond acceptors (Lipinski definition) is 4. The van der Waals surface area contributed by atoms with Crippen LogP contribution in [0.5, 0.6) is 5.75 Å². The summed E-state index contributed by atoms with van der Waals surface area (Å²) in [7, 11) is 0. The number of aryl methyl sites for hydroxylation is 1. The maximum Gasteiger partial charge on any atom is 0.329 e. The third kappa shape index (κ3) is 4.93. The predicted octanol–water partition coefficient (Wildman–Crippen LogP) is 5.64. The van der Waals surface area contributed by atoms with Crippen LogP contribution in [-0.2, 0) is 17.9 Å². The molecule has 1 aromatic heterocycles. The molecule has 4 aromatic rings. The highest BCUT2D eigenvalue weighted by Crippen LogP contribution is 2.26. The lowest BCUT2D eigenvalue weighted by molar-refractivity contribution is -0.123. The van der Waals surface area contributed by atoms with Crippen molar-refractivity contribution in [2.45, 2.75) is 27.0 Å². The number of ether oxygens (including phenoxy) is 1. The van der Waals surface area contributed by atoms with Crippen LogP contribution in [-0.4, -0.2) is 21.4 Å². The van der Waals surface area contributed by atoms with Gasteiger partial charge >= 0.3 is 6.03 Å². The standard InChI is InChI=1S/C31H26N4O3/c1-21-16-26(17-29-30(36)34(31(37)33-29)19-23-8-4-3-5-9-23)22(2)35(21)27-12-14-28(15-13-27)38-20-25-11-7-6-10-24(25)18-32/h3-17H,19-20H2,1-2H3,(H,33,37)/b29-17+. The minimum absolute atomic E-state index is 0.221. The van der Waals surface area contributed by atoms with Crippen molar-refractivity contribution in [1.29, 1.82) is 5.26 Å². The zero-order valence-electron chi connectivity index (χ0n) is 21.1. The number of rotatable bonds is 7. The Kier molecular flexibility index (Phi) is 6.79. The predicted molar refractivity (Wildman–Crippen MR) is 144 cm³/mol. The molecule has 0 radical (unpaired) electrons. The van der Waals surface area contributed by atoms with Gasteiger partial charge in [0.05, 0.1) is 18.2 Å². The number of nitrogens with one attached hydrogen (secondary N) is 1. The van der Waals surface area contributed by atoms with Crippen LogP contribution < -0.4 is 10.1 Å². The molecule has 1 aliphatic rings. The SMILES string of the molecule is Cc1cc(/C=C2/NC(=O)N(Cc3ccccc3)C2=O)c(C)n1-c1ccc(OCc2ccccc2C#N)cc1. The Morgan fingerprint density at radius 2 is 1.66 bits per heavy atom. The fourth-order valence-corrected chi connectivity index (χ4v) is 4.58. The molecular weight excluding hydrogens is 476 g/mol. The van der Waals surface area contributed by atoms with E-state index in [1.54, 1.807) is 12.1 Å². The lowest BCUT2D eigenvalue weighted by Crippen LogP contribution is -2.30. The Morgan fingerprint density at radius 1 is 0.947 bits per heavy atom. The molecule has 0 spiro atoms. The Balaban J connectivity index is 1.32. The highest BCUT2D eigenvalue weighted by atomic mass is 16.5. The van der Waals surface area contributed by atoms with Crippen LogP contribution in [0.3, 0.4) is 0 Å². The third-order valence-corrected chi connectivity index (χ3v) is 6.54. The van der Waals surface area contributed by atoms with Gasteiger partial charge in [0, 0.05) is 22.6 Å². The van der Waals surface area contributed by atoms with E-state index in [0.29, 0.717) is 17.9 Å². The smallest absolute Gasteiger partial charge is 0.329 e. The normalized spacial score (nSPS) is 14.0. The summed E-state index contributed by atoms with van der Waals surface area (Å²) in [5, 5.41) is 12.0. The van der Waals surface area contributed by atoms with Crippen LogP contribution in [0.2, 0.25) is 0 Å². The van der Waals surface area contributed by atoms with Crippen LogP contribution >= 0.6 is 0 Å². The molecule has 5 rings (SSSR count). The summed E-state index contributed by atoms with van der Waals surface area (Å²) in [5.41, 5.74) is 6.31. The van der Waals surface area contributed by atoms with Crippen molar-refractivity contribution in [3.8, 4) is 17.5 Å². The number of hydrogen-bond donors (Lipinski definition) is 1. The largest absolute Gasteiger partial charge is 0.489 e. The molecular formula is C31H26N4O3. The van der Waals surface area contributed by atoms with Gasteiger partial charge in [0.25, 0.3) is 5.91 Å². The summed E-state index contributed by atoms with van der Waals surface area (Å²) in [6, 6.07) is 28.3. The van der Waals surface area contributed by atoms with Crippen LogP contribution in [0.25, 0.3) is 11.8 Å². The summed E-state index contributed by atoms with van der Waals surface area (Å²) < 4.78 is 7.99. The second-order valence-electron chi connectivity index (χ2n) is 9.08. The Labute approximate surface area is 221 Å². The van der Waals surface area contributed by atoms with E-state index in [4.69, 9.17) is 4.74 Å². The monoisotopic (exact) mass is 502 g/mol. The number of benzene rings is 3. The Hall–Kier alpha value is -5.09. The van der Waals surface area contributed by atoms with Crippen molar-refractivity contribution in [3.63, 3.8) is 0 Å². The minimum atomic E-state index is -0.424. The molecule has 0 unspecified atom stereocenters. The first-order valence-corrected chi connectivity index (χ1v) is 12.2. The van der Waals surface area contributed by atoms with E-state index < -0.39 is 6.03 Å². The molecule has 3 amide bonds. The highest BCUT2D eigenvalue weighted by Gasteiger charge is 2.33. The topological polar surface area (TPSA) is 87.4 Å².